The highest BCUT2D eigenvalue weighted by Gasteiger charge is 2.15. The number of unbranched alkanes of at least 4 members (excludes halogenated alkanes) is 2. The van der Waals surface area contributed by atoms with Crippen LogP contribution in [0, 0.1) is 0 Å². The Morgan fingerprint density at radius 1 is 1.22 bits per heavy atom. The van der Waals surface area contributed by atoms with Gasteiger partial charge in [-0.15, -0.1) is 0 Å². The Bertz CT molecular complexity index is 749. The monoisotopic (exact) mass is 315 g/mol. The Hall–Kier alpha value is -2.56. The number of ether oxygens (including phenoxy) is 1. The Morgan fingerprint density at radius 2 is 2.00 bits per heavy atom. The first-order valence-corrected chi connectivity index (χ1v) is 7.69. The predicted octanol–water partition coefficient (Wildman–Crippen LogP) is 2.98. The molecule has 5 nitrogen and oxygen atoms in total. The van der Waals surface area contributed by atoms with Crippen LogP contribution in [0.4, 0.5) is 0 Å². The van der Waals surface area contributed by atoms with E-state index in [1.165, 1.54) is 31.4 Å². The van der Waals surface area contributed by atoms with Crippen molar-refractivity contribution >= 4 is 5.78 Å². The number of aromatic hydroxyl groups is 1. The molecule has 0 aliphatic rings. The van der Waals surface area contributed by atoms with Gasteiger partial charge in [0.05, 0.1) is 12.7 Å². The first-order valence-electron chi connectivity index (χ1n) is 7.69. The average Bonchev–Trinajstić information content (AvgIpc) is 2.56. The van der Waals surface area contributed by atoms with E-state index in [4.69, 9.17) is 4.74 Å². The van der Waals surface area contributed by atoms with E-state index in [9.17, 15) is 14.7 Å². The third-order valence-corrected chi connectivity index (χ3v) is 3.70. The zero-order valence-corrected chi connectivity index (χ0v) is 13.4. The number of pyridine rings is 1. The molecule has 1 aromatic heterocycles. The molecular formula is C18H21NO4. The lowest BCUT2D eigenvalue weighted by molar-refractivity contribution is 0.103. The quantitative estimate of drug-likeness (QED) is 0.630. The summed E-state index contributed by atoms with van der Waals surface area (Å²) in [4.78, 5) is 24.4. The van der Waals surface area contributed by atoms with Crippen molar-refractivity contribution in [2.24, 2.45) is 0 Å². The summed E-state index contributed by atoms with van der Waals surface area (Å²) in [6.07, 6.45) is 4.54. The first kappa shape index (κ1) is 16.8. The highest BCUT2D eigenvalue weighted by atomic mass is 16.5. The number of aryl methyl sites for hydroxylation is 1. The number of nitrogens with zero attached hydrogens (tertiary/aromatic N) is 1. The molecule has 122 valence electrons. The number of methoxy groups -OCH3 is 1. The van der Waals surface area contributed by atoms with Crippen molar-refractivity contribution in [3.05, 3.63) is 58.0 Å². The fraction of sp³-hybridized carbons (Fsp3) is 0.333. The van der Waals surface area contributed by atoms with Crippen molar-refractivity contribution < 1.29 is 14.6 Å². The van der Waals surface area contributed by atoms with Gasteiger partial charge in [-0.2, -0.15) is 0 Å². The highest BCUT2D eigenvalue weighted by molar-refractivity contribution is 6.10. The summed E-state index contributed by atoms with van der Waals surface area (Å²) >= 11 is 0. The second kappa shape index (κ2) is 7.63. The molecule has 0 spiro atoms. The van der Waals surface area contributed by atoms with E-state index in [2.05, 4.69) is 6.92 Å². The molecule has 0 saturated heterocycles. The lowest BCUT2D eigenvalue weighted by atomic mass is 10.0. The van der Waals surface area contributed by atoms with Gasteiger partial charge in [0.25, 0.3) is 5.56 Å². The minimum Gasteiger partial charge on any atom is -0.507 e. The third kappa shape index (κ3) is 4.00. The summed E-state index contributed by atoms with van der Waals surface area (Å²) < 4.78 is 6.55. The van der Waals surface area contributed by atoms with Gasteiger partial charge in [-0.3, -0.25) is 9.59 Å². The van der Waals surface area contributed by atoms with Crippen molar-refractivity contribution in [1.82, 2.24) is 4.57 Å². The van der Waals surface area contributed by atoms with Crippen LogP contribution in [-0.2, 0) is 6.54 Å². The standard InChI is InChI=1S/C18H21NO4/c1-3-4-5-10-19-12-13(6-9-17(19)21)18(22)15-8-7-14(23-2)11-16(15)20/h6-9,11-12,20H,3-5,10H2,1-2H3. The molecule has 0 aliphatic heterocycles. The lowest BCUT2D eigenvalue weighted by Gasteiger charge is -2.09. The molecule has 0 saturated carbocycles. The molecule has 2 rings (SSSR count). The van der Waals surface area contributed by atoms with Crippen molar-refractivity contribution in [3.63, 3.8) is 0 Å². The van der Waals surface area contributed by atoms with Gasteiger partial charge in [0.15, 0.2) is 5.78 Å². The van der Waals surface area contributed by atoms with Gasteiger partial charge in [0, 0.05) is 30.4 Å². The Labute approximate surface area is 135 Å². The van der Waals surface area contributed by atoms with Crippen LogP contribution in [0.15, 0.2) is 41.3 Å². The molecule has 23 heavy (non-hydrogen) atoms. The summed E-state index contributed by atoms with van der Waals surface area (Å²) in [5.41, 5.74) is 0.433. The van der Waals surface area contributed by atoms with E-state index in [0.717, 1.165) is 19.3 Å². The van der Waals surface area contributed by atoms with Crippen LogP contribution < -0.4 is 10.3 Å². The van der Waals surface area contributed by atoms with Crippen LogP contribution in [0.3, 0.4) is 0 Å². The molecule has 1 N–H and O–H groups in total. The minimum absolute atomic E-state index is 0.128. The van der Waals surface area contributed by atoms with Crippen LogP contribution in [0.25, 0.3) is 0 Å². The van der Waals surface area contributed by atoms with Gasteiger partial charge in [-0.05, 0) is 24.6 Å². The summed E-state index contributed by atoms with van der Waals surface area (Å²) in [5.74, 6) is 0.0102. The topological polar surface area (TPSA) is 68.5 Å². The van der Waals surface area contributed by atoms with E-state index in [0.29, 0.717) is 17.9 Å². The second-order valence-corrected chi connectivity index (χ2v) is 5.37. The SMILES string of the molecule is CCCCCn1cc(C(=O)c2ccc(OC)cc2O)ccc1=O. The summed E-state index contributed by atoms with van der Waals surface area (Å²) in [6.45, 7) is 2.68. The van der Waals surface area contributed by atoms with Gasteiger partial charge < -0.3 is 14.4 Å². The number of carbonyl (C=O) groups excluding carboxylic acids is 1. The largest absolute Gasteiger partial charge is 0.507 e. The normalized spacial score (nSPS) is 10.5. The zero-order valence-electron chi connectivity index (χ0n) is 13.4. The molecule has 0 amide bonds. The third-order valence-electron chi connectivity index (χ3n) is 3.70. The van der Waals surface area contributed by atoms with E-state index in [1.807, 2.05) is 0 Å². The predicted molar refractivity (Wildman–Crippen MR) is 88.3 cm³/mol. The molecular weight excluding hydrogens is 294 g/mol. The molecule has 1 heterocycles. The number of carbonyl (C=O) groups is 1. The molecule has 0 fully saturated rings. The maximum absolute atomic E-state index is 12.5. The van der Waals surface area contributed by atoms with Crippen molar-refractivity contribution in [2.45, 2.75) is 32.7 Å². The molecule has 0 bridgehead atoms. The molecule has 0 radical (unpaired) electrons. The summed E-state index contributed by atoms with van der Waals surface area (Å²) in [7, 11) is 1.49. The number of phenols is 1. The van der Waals surface area contributed by atoms with Gasteiger partial charge in [0.1, 0.15) is 11.5 Å². The van der Waals surface area contributed by atoms with Crippen molar-refractivity contribution in [3.8, 4) is 11.5 Å². The second-order valence-electron chi connectivity index (χ2n) is 5.37. The van der Waals surface area contributed by atoms with Crippen LogP contribution in [0.1, 0.15) is 42.1 Å². The van der Waals surface area contributed by atoms with E-state index in [-0.39, 0.29) is 22.7 Å². The highest BCUT2D eigenvalue weighted by Crippen LogP contribution is 2.25. The van der Waals surface area contributed by atoms with Gasteiger partial charge >= 0.3 is 0 Å². The molecule has 0 aliphatic carbocycles. The number of aromatic nitrogens is 1. The first-order chi connectivity index (χ1) is 11.1. The number of hydrogen-bond acceptors (Lipinski definition) is 4. The van der Waals surface area contributed by atoms with Gasteiger partial charge in [0.2, 0.25) is 0 Å². The average molecular weight is 315 g/mol. The van der Waals surface area contributed by atoms with Crippen LogP contribution in [-0.4, -0.2) is 22.6 Å². The van der Waals surface area contributed by atoms with Crippen LogP contribution in [0.2, 0.25) is 0 Å². The molecule has 5 heteroatoms. The maximum Gasteiger partial charge on any atom is 0.250 e. The van der Waals surface area contributed by atoms with Gasteiger partial charge in [-0.1, -0.05) is 19.8 Å². The summed E-state index contributed by atoms with van der Waals surface area (Å²) in [6, 6.07) is 7.40. The van der Waals surface area contributed by atoms with E-state index < -0.39 is 0 Å². The molecule has 0 atom stereocenters. The Kier molecular flexibility index (Phi) is 5.57. The minimum atomic E-state index is -0.325. The molecule has 0 unspecified atom stereocenters. The fourth-order valence-corrected chi connectivity index (χ4v) is 2.36. The van der Waals surface area contributed by atoms with E-state index in [1.54, 1.807) is 16.8 Å². The number of phenolic OH excluding ortho intramolecular Hbond substituents is 1. The number of benzene rings is 1. The number of rotatable bonds is 7. The Morgan fingerprint density at radius 3 is 2.65 bits per heavy atom. The number of ketones is 1. The van der Waals surface area contributed by atoms with Crippen LogP contribution in [0.5, 0.6) is 11.5 Å². The van der Waals surface area contributed by atoms with Crippen molar-refractivity contribution in [1.29, 1.82) is 0 Å². The molecule has 1 aromatic carbocycles. The Balaban J connectivity index is 2.29. The fourth-order valence-electron chi connectivity index (χ4n) is 2.36. The molecule has 2 aromatic rings. The van der Waals surface area contributed by atoms with Crippen LogP contribution >= 0.6 is 0 Å². The van der Waals surface area contributed by atoms with Crippen molar-refractivity contribution in [2.75, 3.05) is 7.11 Å². The lowest BCUT2D eigenvalue weighted by Crippen LogP contribution is -2.20. The smallest absolute Gasteiger partial charge is 0.250 e. The van der Waals surface area contributed by atoms with E-state index >= 15 is 0 Å². The number of hydrogen-bond donors (Lipinski definition) is 1. The summed E-state index contributed by atoms with van der Waals surface area (Å²) in [5, 5.41) is 9.98. The zero-order chi connectivity index (χ0) is 16.8. The maximum atomic E-state index is 12.5. The van der Waals surface area contributed by atoms with Gasteiger partial charge in [-0.25, -0.2) is 0 Å².